The van der Waals surface area contributed by atoms with Gasteiger partial charge >= 0.3 is 5.97 Å². The summed E-state index contributed by atoms with van der Waals surface area (Å²) in [6, 6.07) is 0. The number of aromatic carboxylic acids is 1. The zero-order chi connectivity index (χ0) is 11.7. The maximum absolute atomic E-state index is 11.3. The van der Waals surface area contributed by atoms with E-state index in [0.29, 0.717) is 5.92 Å². The van der Waals surface area contributed by atoms with Crippen LogP contribution in [0.2, 0.25) is 0 Å². The minimum absolute atomic E-state index is 0.0700. The normalized spacial score (nSPS) is 16.6. The fourth-order valence-corrected chi connectivity index (χ4v) is 3.19. The molecule has 1 N–H and O–H groups in total. The average Bonchev–Trinajstić information content (AvgIpc) is 2.86. The molecular weight excluding hydrogens is 226 g/mol. The molecule has 0 bridgehead atoms. The molecule has 1 aliphatic carbocycles. The van der Waals surface area contributed by atoms with Crippen LogP contribution in [0.3, 0.4) is 0 Å². The third-order valence-electron chi connectivity index (χ3n) is 2.87. The first-order chi connectivity index (χ1) is 7.59. The van der Waals surface area contributed by atoms with Gasteiger partial charge in [0, 0.05) is 12.8 Å². The number of hydrogen-bond donors (Lipinski definition) is 1. The molecule has 0 aromatic carbocycles. The monoisotopic (exact) mass is 239 g/mol. The molecule has 1 aromatic heterocycles. The largest absolute Gasteiger partial charge is 0.476 e. The topological polar surface area (TPSA) is 67.3 Å². The van der Waals surface area contributed by atoms with Crippen LogP contribution in [0, 0.1) is 0 Å². The number of nitrogens with zero attached hydrogens (tertiary/aromatic N) is 1. The molecule has 1 aliphatic rings. The molecule has 0 aliphatic heterocycles. The first kappa shape index (κ1) is 11.3. The zero-order valence-corrected chi connectivity index (χ0v) is 9.84. The van der Waals surface area contributed by atoms with Crippen molar-refractivity contribution in [3.8, 4) is 0 Å². The van der Waals surface area contributed by atoms with Gasteiger partial charge in [0.1, 0.15) is 4.88 Å². The van der Waals surface area contributed by atoms with Gasteiger partial charge in [0.25, 0.3) is 0 Å². The third-order valence-corrected chi connectivity index (χ3v) is 4.19. The Hall–Kier alpha value is -1.23. The second-order valence-corrected chi connectivity index (χ2v) is 5.10. The van der Waals surface area contributed by atoms with Crippen molar-refractivity contribution in [2.24, 2.45) is 0 Å². The Morgan fingerprint density at radius 3 is 2.44 bits per heavy atom. The van der Waals surface area contributed by atoms with Crippen LogP contribution in [0.1, 0.15) is 63.7 Å². The van der Waals surface area contributed by atoms with Gasteiger partial charge in [0.05, 0.1) is 5.01 Å². The molecule has 1 heterocycles. The number of thiazole rings is 1. The van der Waals surface area contributed by atoms with E-state index in [1.807, 2.05) is 0 Å². The highest BCUT2D eigenvalue weighted by atomic mass is 32.1. The average molecular weight is 239 g/mol. The van der Waals surface area contributed by atoms with Crippen molar-refractivity contribution in [2.45, 2.75) is 38.5 Å². The SMILES string of the molecule is CC(=O)c1sc(C2CCCC2)nc1C(=O)O. The standard InChI is InChI=1S/C11H13NO3S/c1-6(13)9-8(11(14)15)12-10(16-9)7-4-2-3-5-7/h7H,2-5H2,1H3,(H,14,15). The summed E-state index contributed by atoms with van der Waals surface area (Å²) in [5.41, 5.74) is -0.0700. The fourth-order valence-electron chi connectivity index (χ4n) is 2.07. The molecule has 1 aromatic rings. The van der Waals surface area contributed by atoms with Crippen LogP contribution in [0.15, 0.2) is 0 Å². The van der Waals surface area contributed by atoms with Crippen molar-refractivity contribution in [3.63, 3.8) is 0 Å². The lowest BCUT2D eigenvalue weighted by atomic mass is 10.1. The number of carbonyl (C=O) groups excluding carboxylic acids is 1. The second kappa shape index (κ2) is 4.33. The number of ketones is 1. The Kier molecular flexibility index (Phi) is 3.05. The van der Waals surface area contributed by atoms with E-state index in [2.05, 4.69) is 4.98 Å². The number of carbonyl (C=O) groups is 2. The summed E-state index contributed by atoms with van der Waals surface area (Å²) in [6.45, 7) is 1.39. The van der Waals surface area contributed by atoms with E-state index < -0.39 is 5.97 Å². The zero-order valence-electron chi connectivity index (χ0n) is 9.02. The van der Waals surface area contributed by atoms with Crippen LogP contribution in [0.4, 0.5) is 0 Å². The maximum Gasteiger partial charge on any atom is 0.356 e. The van der Waals surface area contributed by atoms with Gasteiger partial charge in [0.15, 0.2) is 11.5 Å². The molecule has 0 spiro atoms. The minimum atomic E-state index is -1.11. The van der Waals surface area contributed by atoms with Gasteiger partial charge in [-0.05, 0) is 12.8 Å². The molecule has 5 heteroatoms. The predicted molar refractivity (Wildman–Crippen MR) is 60.3 cm³/mol. The van der Waals surface area contributed by atoms with Crippen molar-refractivity contribution in [1.82, 2.24) is 4.98 Å². The minimum Gasteiger partial charge on any atom is -0.476 e. The Morgan fingerprint density at radius 2 is 2.00 bits per heavy atom. The molecule has 0 radical (unpaired) electrons. The first-order valence-corrected chi connectivity index (χ1v) is 6.16. The lowest BCUT2D eigenvalue weighted by Gasteiger charge is -2.01. The number of hydrogen-bond acceptors (Lipinski definition) is 4. The van der Waals surface area contributed by atoms with Crippen LogP contribution in [-0.4, -0.2) is 21.8 Å². The van der Waals surface area contributed by atoms with E-state index in [9.17, 15) is 9.59 Å². The highest BCUT2D eigenvalue weighted by molar-refractivity contribution is 7.14. The molecule has 0 saturated heterocycles. The molecular formula is C11H13NO3S. The summed E-state index contributed by atoms with van der Waals surface area (Å²) < 4.78 is 0. The Bertz CT molecular complexity index is 401. The molecule has 2 rings (SSSR count). The summed E-state index contributed by atoms with van der Waals surface area (Å²) in [5.74, 6) is -0.957. The van der Waals surface area contributed by atoms with Crippen LogP contribution in [0.5, 0.6) is 0 Å². The van der Waals surface area contributed by atoms with Gasteiger partial charge in [-0.2, -0.15) is 0 Å². The third kappa shape index (κ3) is 2.00. The van der Waals surface area contributed by atoms with Crippen LogP contribution >= 0.6 is 11.3 Å². The molecule has 0 amide bonds. The number of aromatic nitrogens is 1. The van der Waals surface area contributed by atoms with Gasteiger partial charge in [-0.3, -0.25) is 4.79 Å². The molecule has 16 heavy (non-hydrogen) atoms. The van der Waals surface area contributed by atoms with Crippen molar-refractivity contribution in [3.05, 3.63) is 15.6 Å². The van der Waals surface area contributed by atoms with Gasteiger partial charge in [-0.25, -0.2) is 9.78 Å². The van der Waals surface area contributed by atoms with Gasteiger partial charge in [0.2, 0.25) is 0 Å². The number of carboxylic acid groups (broad SMARTS) is 1. The number of rotatable bonds is 3. The first-order valence-electron chi connectivity index (χ1n) is 5.34. The van der Waals surface area contributed by atoms with E-state index >= 15 is 0 Å². The van der Waals surface area contributed by atoms with E-state index in [-0.39, 0.29) is 16.4 Å². The highest BCUT2D eigenvalue weighted by Gasteiger charge is 2.26. The van der Waals surface area contributed by atoms with Crippen LogP contribution in [-0.2, 0) is 0 Å². The summed E-state index contributed by atoms with van der Waals surface area (Å²) in [4.78, 5) is 26.6. The lowest BCUT2D eigenvalue weighted by Crippen LogP contribution is -2.04. The van der Waals surface area contributed by atoms with Gasteiger partial charge in [-0.1, -0.05) is 12.8 Å². The van der Waals surface area contributed by atoms with Gasteiger partial charge in [-0.15, -0.1) is 11.3 Å². The van der Waals surface area contributed by atoms with E-state index in [4.69, 9.17) is 5.11 Å². The molecule has 4 nitrogen and oxygen atoms in total. The summed E-state index contributed by atoms with van der Waals surface area (Å²) in [7, 11) is 0. The maximum atomic E-state index is 11.3. The summed E-state index contributed by atoms with van der Waals surface area (Å²) in [6.07, 6.45) is 4.46. The Labute approximate surface area is 97.3 Å². The lowest BCUT2D eigenvalue weighted by molar-refractivity contribution is 0.0686. The van der Waals surface area contributed by atoms with Crippen LogP contribution in [0.25, 0.3) is 0 Å². The number of carboxylic acids is 1. The van der Waals surface area contributed by atoms with Crippen molar-refractivity contribution < 1.29 is 14.7 Å². The van der Waals surface area contributed by atoms with Crippen molar-refractivity contribution >= 4 is 23.1 Å². The van der Waals surface area contributed by atoms with Crippen molar-refractivity contribution in [2.75, 3.05) is 0 Å². The quantitative estimate of drug-likeness (QED) is 0.823. The predicted octanol–water partition coefficient (Wildman–Crippen LogP) is 2.70. The number of Topliss-reactive ketones (excluding diaryl/α,β-unsaturated/α-hetero) is 1. The second-order valence-electron chi connectivity index (χ2n) is 4.07. The summed E-state index contributed by atoms with van der Waals surface area (Å²) >= 11 is 1.25. The summed E-state index contributed by atoms with van der Waals surface area (Å²) in [5, 5.41) is 9.78. The van der Waals surface area contributed by atoms with E-state index in [1.165, 1.54) is 31.1 Å². The van der Waals surface area contributed by atoms with Crippen molar-refractivity contribution in [1.29, 1.82) is 0 Å². The van der Waals surface area contributed by atoms with E-state index in [0.717, 1.165) is 17.8 Å². The highest BCUT2D eigenvalue weighted by Crippen LogP contribution is 2.37. The smallest absolute Gasteiger partial charge is 0.356 e. The van der Waals surface area contributed by atoms with Crippen LogP contribution < -0.4 is 0 Å². The molecule has 0 unspecified atom stereocenters. The molecule has 86 valence electrons. The fraction of sp³-hybridized carbons (Fsp3) is 0.545. The Morgan fingerprint density at radius 1 is 1.38 bits per heavy atom. The molecule has 1 saturated carbocycles. The molecule has 0 atom stereocenters. The van der Waals surface area contributed by atoms with Gasteiger partial charge < -0.3 is 5.11 Å². The molecule has 1 fully saturated rings. The van der Waals surface area contributed by atoms with E-state index in [1.54, 1.807) is 0 Å². The Balaban J connectivity index is 2.37.